The Bertz CT molecular complexity index is 679. The summed E-state index contributed by atoms with van der Waals surface area (Å²) in [7, 11) is 0. The highest BCUT2D eigenvalue weighted by atomic mass is 16.5. The van der Waals surface area contributed by atoms with Crippen molar-refractivity contribution in [3.05, 3.63) is 36.3 Å². The molecule has 8 heteroatoms. The van der Waals surface area contributed by atoms with Crippen LogP contribution in [0.25, 0.3) is 5.57 Å². The smallest absolute Gasteiger partial charge is 0.216 e. The Morgan fingerprint density at radius 2 is 2.35 bits per heavy atom. The summed E-state index contributed by atoms with van der Waals surface area (Å²) in [6, 6.07) is 10.9. The number of aromatic amines is 1. The molecule has 0 bridgehead atoms. The average Bonchev–Trinajstić information content (AvgIpc) is 3.00. The topological polar surface area (TPSA) is 123 Å². The number of nitrogens with one attached hydrogen (secondary N) is 2. The molecule has 0 fully saturated rings. The van der Waals surface area contributed by atoms with E-state index in [1.165, 1.54) is 6.20 Å². The van der Waals surface area contributed by atoms with E-state index in [0.717, 1.165) is 0 Å². The number of H-pyrrole nitrogens is 1. The first-order chi connectivity index (χ1) is 9.83. The maximum absolute atomic E-state index is 9.01. The van der Waals surface area contributed by atoms with E-state index >= 15 is 0 Å². The van der Waals surface area contributed by atoms with Gasteiger partial charge in [0.2, 0.25) is 5.82 Å². The standard InChI is InChI=1S/C12H9N7O/c13-4-5-20-11-3-1-2-10(6-11)15-8-9(7-14)12-16-18-19-17-12/h1-3,6,8,15H,5H2,(H,16,17,18,19). The van der Waals surface area contributed by atoms with E-state index in [0.29, 0.717) is 11.4 Å². The minimum absolute atomic E-state index is 0.0222. The van der Waals surface area contributed by atoms with Gasteiger partial charge < -0.3 is 10.1 Å². The lowest BCUT2D eigenvalue weighted by Gasteiger charge is -2.05. The molecule has 98 valence electrons. The molecule has 2 N–H and O–H groups in total. The first-order valence-electron chi connectivity index (χ1n) is 5.54. The van der Waals surface area contributed by atoms with Crippen LogP contribution in [0.1, 0.15) is 5.82 Å². The number of hydrogen-bond donors (Lipinski definition) is 2. The Kier molecular flexibility index (Phi) is 4.25. The molecule has 0 aliphatic rings. The van der Waals surface area contributed by atoms with Gasteiger partial charge in [0.15, 0.2) is 6.61 Å². The number of nitriles is 2. The SMILES string of the molecule is N#CCOc1cccc(NC=C(C#N)c2nn[nH]n2)c1. The monoisotopic (exact) mass is 267 g/mol. The second-order valence-corrected chi connectivity index (χ2v) is 3.52. The third-order valence-corrected chi connectivity index (χ3v) is 2.23. The molecule has 2 rings (SSSR count). The van der Waals surface area contributed by atoms with Crippen molar-refractivity contribution in [3.63, 3.8) is 0 Å². The molecule has 1 aromatic heterocycles. The molecule has 0 aliphatic heterocycles. The number of nitrogens with zero attached hydrogens (tertiary/aromatic N) is 5. The van der Waals surface area contributed by atoms with Crippen molar-refractivity contribution in [2.24, 2.45) is 0 Å². The van der Waals surface area contributed by atoms with E-state index in [4.69, 9.17) is 15.3 Å². The summed E-state index contributed by atoms with van der Waals surface area (Å²) >= 11 is 0. The van der Waals surface area contributed by atoms with Gasteiger partial charge in [-0.25, -0.2) is 0 Å². The van der Waals surface area contributed by atoms with Gasteiger partial charge in [-0.2, -0.15) is 15.7 Å². The number of anilines is 1. The van der Waals surface area contributed by atoms with Crippen LogP contribution in [-0.2, 0) is 0 Å². The van der Waals surface area contributed by atoms with E-state index in [1.807, 2.05) is 12.1 Å². The Hall–Kier alpha value is -3.39. The van der Waals surface area contributed by atoms with Crippen molar-refractivity contribution < 1.29 is 4.74 Å². The zero-order chi connectivity index (χ0) is 14.2. The summed E-state index contributed by atoms with van der Waals surface area (Å²) in [4.78, 5) is 0. The number of rotatable bonds is 5. The van der Waals surface area contributed by atoms with Crippen LogP contribution in [0.5, 0.6) is 5.75 Å². The molecule has 0 amide bonds. The zero-order valence-corrected chi connectivity index (χ0v) is 10.2. The normalized spacial score (nSPS) is 10.4. The van der Waals surface area contributed by atoms with Crippen LogP contribution in [0.3, 0.4) is 0 Å². The lowest BCUT2D eigenvalue weighted by atomic mass is 10.2. The molecule has 0 spiro atoms. The molecule has 0 aliphatic carbocycles. The molecular weight excluding hydrogens is 258 g/mol. The maximum atomic E-state index is 9.01. The van der Waals surface area contributed by atoms with Gasteiger partial charge in [-0.15, -0.1) is 10.2 Å². The van der Waals surface area contributed by atoms with Crippen molar-refractivity contribution in [2.75, 3.05) is 11.9 Å². The molecule has 0 saturated carbocycles. The van der Waals surface area contributed by atoms with Gasteiger partial charge in [0.1, 0.15) is 23.5 Å². The van der Waals surface area contributed by atoms with Crippen LogP contribution in [0.15, 0.2) is 30.5 Å². The largest absolute Gasteiger partial charge is 0.479 e. The maximum Gasteiger partial charge on any atom is 0.216 e. The molecule has 20 heavy (non-hydrogen) atoms. The summed E-state index contributed by atoms with van der Waals surface area (Å²) in [5.74, 6) is 0.764. The lowest BCUT2D eigenvalue weighted by Crippen LogP contribution is -1.96. The summed E-state index contributed by atoms with van der Waals surface area (Å²) in [5.41, 5.74) is 0.943. The van der Waals surface area contributed by atoms with Gasteiger partial charge in [0, 0.05) is 18.0 Å². The molecule has 1 aromatic carbocycles. The third-order valence-electron chi connectivity index (χ3n) is 2.23. The highest BCUT2D eigenvalue weighted by Crippen LogP contribution is 2.18. The highest BCUT2D eigenvalue weighted by molar-refractivity contribution is 5.74. The number of allylic oxidation sites excluding steroid dienone is 1. The fraction of sp³-hybridized carbons (Fsp3) is 0.0833. The fourth-order valence-electron chi connectivity index (χ4n) is 1.37. The third kappa shape index (κ3) is 3.31. The minimum atomic E-state index is -0.0222. The predicted molar refractivity (Wildman–Crippen MR) is 68.9 cm³/mol. The van der Waals surface area contributed by atoms with Crippen molar-refractivity contribution in [1.82, 2.24) is 20.6 Å². The van der Waals surface area contributed by atoms with Gasteiger partial charge >= 0.3 is 0 Å². The number of ether oxygens (including phenoxy) is 1. The van der Waals surface area contributed by atoms with Crippen molar-refractivity contribution >= 4 is 11.3 Å². The van der Waals surface area contributed by atoms with E-state index in [9.17, 15) is 0 Å². The number of benzene rings is 1. The second kappa shape index (κ2) is 6.52. The summed E-state index contributed by atoms with van der Waals surface area (Å²) in [5, 5.41) is 33.5. The molecule has 0 saturated heterocycles. The summed E-state index contributed by atoms with van der Waals surface area (Å²) in [6.07, 6.45) is 1.47. The minimum Gasteiger partial charge on any atom is -0.479 e. The lowest BCUT2D eigenvalue weighted by molar-refractivity contribution is 0.368. The van der Waals surface area contributed by atoms with E-state index in [2.05, 4.69) is 25.9 Å². The van der Waals surface area contributed by atoms with Gasteiger partial charge in [-0.1, -0.05) is 6.07 Å². The van der Waals surface area contributed by atoms with Crippen LogP contribution in [0.2, 0.25) is 0 Å². The van der Waals surface area contributed by atoms with Gasteiger partial charge in [0.05, 0.1) is 0 Å². The molecule has 1 heterocycles. The molecule has 8 nitrogen and oxygen atoms in total. The molecular formula is C12H9N7O. The first-order valence-corrected chi connectivity index (χ1v) is 5.54. The second-order valence-electron chi connectivity index (χ2n) is 3.52. The van der Waals surface area contributed by atoms with Crippen LogP contribution >= 0.6 is 0 Å². The number of aromatic nitrogens is 4. The van der Waals surface area contributed by atoms with E-state index < -0.39 is 0 Å². The molecule has 0 atom stereocenters. The van der Waals surface area contributed by atoms with E-state index in [1.54, 1.807) is 24.3 Å². The van der Waals surface area contributed by atoms with E-state index in [-0.39, 0.29) is 18.0 Å². The Labute approximate surface area is 114 Å². The average molecular weight is 267 g/mol. The first kappa shape index (κ1) is 13.1. The molecule has 2 aromatic rings. The van der Waals surface area contributed by atoms with Crippen LogP contribution < -0.4 is 10.1 Å². The Morgan fingerprint density at radius 3 is 3.05 bits per heavy atom. The summed E-state index contributed by atoms with van der Waals surface area (Å²) in [6.45, 7) is -0.0222. The Morgan fingerprint density at radius 1 is 1.45 bits per heavy atom. The van der Waals surface area contributed by atoms with Gasteiger partial charge in [-0.3, -0.25) is 0 Å². The highest BCUT2D eigenvalue weighted by Gasteiger charge is 2.05. The number of hydrogen-bond acceptors (Lipinski definition) is 7. The van der Waals surface area contributed by atoms with Crippen LogP contribution in [-0.4, -0.2) is 27.2 Å². The number of tetrazole rings is 1. The van der Waals surface area contributed by atoms with Crippen LogP contribution in [0.4, 0.5) is 5.69 Å². The Balaban J connectivity index is 2.10. The fourth-order valence-corrected chi connectivity index (χ4v) is 1.37. The molecule has 0 radical (unpaired) electrons. The van der Waals surface area contributed by atoms with Crippen molar-refractivity contribution in [2.45, 2.75) is 0 Å². The van der Waals surface area contributed by atoms with Crippen molar-refractivity contribution in [3.8, 4) is 17.9 Å². The zero-order valence-electron chi connectivity index (χ0n) is 10.2. The van der Waals surface area contributed by atoms with Gasteiger partial charge in [-0.05, 0) is 17.3 Å². The van der Waals surface area contributed by atoms with Crippen molar-refractivity contribution in [1.29, 1.82) is 10.5 Å². The quantitative estimate of drug-likeness (QED) is 0.776. The predicted octanol–water partition coefficient (Wildman–Crippen LogP) is 1.08. The van der Waals surface area contributed by atoms with Crippen LogP contribution in [0, 0.1) is 22.7 Å². The molecule has 0 unspecified atom stereocenters. The van der Waals surface area contributed by atoms with Gasteiger partial charge in [0.25, 0.3) is 0 Å². The summed E-state index contributed by atoms with van der Waals surface area (Å²) < 4.78 is 5.17.